The normalized spacial score (nSPS) is 10.5. The van der Waals surface area contributed by atoms with Crippen LogP contribution in [0.15, 0.2) is 48.5 Å². The van der Waals surface area contributed by atoms with Crippen LogP contribution in [0, 0.1) is 5.82 Å². The van der Waals surface area contributed by atoms with Crippen LogP contribution in [0.2, 0.25) is 0 Å². The third-order valence-corrected chi connectivity index (χ3v) is 3.57. The van der Waals surface area contributed by atoms with Gasteiger partial charge < -0.3 is 15.4 Å². The van der Waals surface area contributed by atoms with Crippen LogP contribution in [0.4, 0.5) is 10.1 Å². The van der Waals surface area contributed by atoms with E-state index >= 15 is 0 Å². The lowest BCUT2D eigenvalue weighted by molar-refractivity contribution is -0.124. The zero-order valence-electron chi connectivity index (χ0n) is 14.8. The maximum atomic E-state index is 12.8. The Balaban J connectivity index is 1.73. The monoisotopic (exact) mass is 359 g/mol. The third kappa shape index (κ3) is 6.52. The summed E-state index contributed by atoms with van der Waals surface area (Å²) in [5.74, 6) is -0.252. The maximum Gasteiger partial charge on any atom is 0.243 e. The van der Waals surface area contributed by atoms with E-state index in [2.05, 4.69) is 10.6 Å². The van der Waals surface area contributed by atoms with Crippen molar-refractivity contribution >= 4 is 17.5 Å². The van der Waals surface area contributed by atoms with Crippen LogP contribution >= 0.6 is 0 Å². The number of anilines is 1. The van der Waals surface area contributed by atoms with Crippen molar-refractivity contribution in [1.82, 2.24) is 10.2 Å². The first kappa shape index (κ1) is 19.4. The van der Waals surface area contributed by atoms with Crippen molar-refractivity contribution in [3.8, 4) is 5.75 Å². The molecule has 0 spiro atoms. The average Bonchev–Trinajstić information content (AvgIpc) is 2.62. The van der Waals surface area contributed by atoms with Crippen LogP contribution in [0.3, 0.4) is 0 Å². The van der Waals surface area contributed by atoms with Crippen LogP contribution in [0.5, 0.6) is 5.75 Å². The predicted molar refractivity (Wildman–Crippen MR) is 97.4 cm³/mol. The van der Waals surface area contributed by atoms with Crippen LogP contribution in [0.1, 0.15) is 5.56 Å². The minimum atomic E-state index is -0.379. The van der Waals surface area contributed by atoms with Gasteiger partial charge in [-0.15, -0.1) is 0 Å². The van der Waals surface area contributed by atoms with Crippen molar-refractivity contribution in [2.24, 2.45) is 0 Å². The first-order valence-electron chi connectivity index (χ1n) is 8.10. The molecule has 0 atom stereocenters. The van der Waals surface area contributed by atoms with Gasteiger partial charge in [0.2, 0.25) is 11.8 Å². The minimum Gasteiger partial charge on any atom is -0.497 e. The molecule has 2 aromatic carbocycles. The van der Waals surface area contributed by atoms with E-state index in [0.717, 1.165) is 11.3 Å². The number of hydrogen-bond donors (Lipinski definition) is 2. The summed E-state index contributed by atoms with van der Waals surface area (Å²) in [6, 6.07) is 13.0. The average molecular weight is 359 g/mol. The lowest BCUT2D eigenvalue weighted by Crippen LogP contribution is -2.39. The minimum absolute atomic E-state index is 0.150. The van der Waals surface area contributed by atoms with Gasteiger partial charge in [-0.2, -0.15) is 0 Å². The number of likely N-dealkylation sites (N-methyl/N-ethyl adjacent to an activating group) is 1. The molecule has 0 aliphatic carbocycles. The maximum absolute atomic E-state index is 12.8. The molecule has 2 rings (SSSR count). The summed E-state index contributed by atoms with van der Waals surface area (Å²) in [6.07, 6.45) is 0. The Labute approximate surface area is 152 Å². The molecule has 0 aliphatic heterocycles. The molecule has 0 heterocycles. The highest BCUT2D eigenvalue weighted by Gasteiger charge is 2.10. The number of carbonyl (C=O) groups is 2. The van der Waals surface area contributed by atoms with Gasteiger partial charge >= 0.3 is 0 Å². The highest BCUT2D eigenvalue weighted by Crippen LogP contribution is 2.13. The van der Waals surface area contributed by atoms with Gasteiger partial charge in [0.25, 0.3) is 0 Å². The molecule has 0 aliphatic rings. The number of hydrogen-bond acceptors (Lipinski definition) is 4. The van der Waals surface area contributed by atoms with Crippen molar-refractivity contribution in [1.29, 1.82) is 0 Å². The largest absolute Gasteiger partial charge is 0.497 e. The summed E-state index contributed by atoms with van der Waals surface area (Å²) >= 11 is 0. The molecular weight excluding hydrogens is 337 g/mol. The number of ether oxygens (including phenoxy) is 1. The van der Waals surface area contributed by atoms with E-state index in [1.54, 1.807) is 7.11 Å². The predicted octanol–water partition coefficient (Wildman–Crippen LogP) is 2.02. The molecule has 138 valence electrons. The lowest BCUT2D eigenvalue weighted by atomic mass is 10.2. The van der Waals surface area contributed by atoms with Gasteiger partial charge in [0.1, 0.15) is 11.6 Å². The fourth-order valence-electron chi connectivity index (χ4n) is 2.36. The van der Waals surface area contributed by atoms with Crippen LogP contribution in [0.25, 0.3) is 0 Å². The highest BCUT2D eigenvalue weighted by atomic mass is 19.1. The van der Waals surface area contributed by atoms with E-state index in [1.807, 2.05) is 36.2 Å². The summed E-state index contributed by atoms with van der Waals surface area (Å²) in [5, 5.41) is 5.14. The quantitative estimate of drug-likeness (QED) is 0.757. The number of carbonyl (C=O) groups excluding carboxylic acids is 2. The van der Waals surface area contributed by atoms with Gasteiger partial charge in [0, 0.05) is 12.2 Å². The molecule has 26 heavy (non-hydrogen) atoms. The number of nitrogens with zero attached hydrogens (tertiary/aromatic N) is 1. The number of amides is 2. The van der Waals surface area contributed by atoms with Gasteiger partial charge in [-0.25, -0.2) is 4.39 Å². The van der Waals surface area contributed by atoms with Crippen LogP contribution < -0.4 is 15.4 Å². The summed E-state index contributed by atoms with van der Waals surface area (Å²) in [6.45, 7) is 0.580. The van der Waals surface area contributed by atoms with Crippen molar-refractivity contribution in [2.75, 3.05) is 32.6 Å². The first-order valence-corrected chi connectivity index (χ1v) is 8.10. The summed E-state index contributed by atoms with van der Waals surface area (Å²) in [4.78, 5) is 25.6. The van der Waals surface area contributed by atoms with Crippen LogP contribution in [-0.4, -0.2) is 44.0 Å². The smallest absolute Gasteiger partial charge is 0.243 e. The highest BCUT2D eigenvalue weighted by molar-refractivity contribution is 5.94. The van der Waals surface area contributed by atoms with E-state index < -0.39 is 0 Å². The number of benzene rings is 2. The standard InChI is InChI=1S/C19H22FN3O3/c1-23(12-14-4-3-5-17(10-14)26-2)13-19(25)21-11-18(24)22-16-8-6-15(20)7-9-16/h3-10H,11-13H2,1-2H3,(H,21,25)(H,22,24). The summed E-state index contributed by atoms with van der Waals surface area (Å²) in [7, 11) is 3.42. The Morgan fingerprint density at radius 1 is 1.12 bits per heavy atom. The Kier molecular flexibility index (Phi) is 7.11. The molecule has 0 unspecified atom stereocenters. The number of rotatable bonds is 8. The Morgan fingerprint density at radius 2 is 1.85 bits per heavy atom. The lowest BCUT2D eigenvalue weighted by Gasteiger charge is -2.16. The van der Waals surface area contributed by atoms with E-state index in [0.29, 0.717) is 12.2 Å². The van der Waals surface area contributed by atoms with Crippen molar-refractivity contribution < 1.29 is 18.7 Å². The van der Waals surface area contributed by atoms with Gasteiger partial charge in [-0.1, -0.05) is 12.1 Å². The molecule has 0 bridgehead atoms. The number of nitrogens with one attached hydrogen (secondary N) is 2. The fraction of sp³-hybridized carbons (Fsp3) is 0.263. The van der Waals surface area contributed by atoms with Crippen molar-refractivity contribution in [3.63, 3.8) is 0 Å². The van der Waals surface area contributed by atoms with Gasteiger partial charge in [-0.05, 0) is 49.0 Å². The molecule has 0 fully saturated rings. The Bertz CT molecular complexity index is 750. The second-order valence-corrected chi connectivity index (χ2v) is 5.86. The van der Waals surface area contributed by atoms with Gasteiger partial charge in [-0.3, -0.25) is 14.5 Å². The van der Waals surface area contributed by atoms with Gasteiger partial charge in [0.05, 0.1) is 20.2 Å². The first-order chi connectivity index (χ1) is 12.5. The molecule has 0 saturated carbocycles. The topological polar surface area (TPSA) is 70.7 Å². The fourth-order valence-corrected chi connectivity index (χ4v) is 2.36. The van der Waals surface area contributed by atoms with Crippen molar-refractivity contribution in [3.05, 3.63) is 59.9 Å². The van der Waals surface area contributed by atoms with Crippen molar-refractivity contribution in [2.45, 2.75) is 6.54 Å². The van der Waals surface area contributed by atoms with Crippen LogP contribution in [-0.2, 0) is 16.1 Å². The second-order valence-electron chi connectivity index (χ2n) is 5.86. The molecule has 0 aromatic heterocycles. The SMILES string of the molecule is COc1cccc(CN(C)CC(=O)NCC(=O)Nc2ccc(F)cc2)c1. The van der Waals surface area contributed by atoms with E-state index in [9.17, 15) is 14.0 Å². The molecule has 2 amide bonds. The number of halogens is 1. The molecule has 2 aromatic rings. The zero-order chi connectivity index (χ0) is 18.9. The van der Waals surface area contributed by atoms with E-state index in [4.69, 9.17) is 4.74 Å². The molecule has 7 heteroatoms. The summed E-state index contributed by atoms with van der Waals surface area (Å²) < 4.78 is 18.0. The molecule has 0 radical (unpaired) electrons. The summed E-state index contributed by atoms with van der Waals surface area (Å²) in [5.41, 5.74) is 1.49. The molecule has 0 saturated heterocycles. The molecular formula is C19H22FN3O3. The van der Waals surface area contributed by atoms with E-state index in [1.165, 1.54) is 24.3 Å². The molecule has 2 N–H and O–H groups in total. The number of methoxy groups -OCH3 is 1. The second kappa shape index (κ2) is 9.53. The van der Waals surface area contributed by atoms with E-state index in [-0.39, 0.29) is 30.7 Å². The zero-order valence-corrected chi connectivity index (χ0v) is 14.8. The molecule has 6 nitrogen and oxygen atoms in total. The Hall–Kier alpha value is -2.93. The third-order valence-electron chi connectivity index (χ3n) is 3.57. The Morgan fingerprint density at radius 3 is 2.54 bits per heavy atom. The van der Waals surface area contributed by atoms with Gasteiger partial charge in [0.15, 0.2) is 0 Å².